The Morgan fingerprint density at radius 3 is 1.24 bits per heavy atom. The van der Waals surface area contributed by atoms with Crippen molar-refractivity contribution in [3.8, 4) is 0 Å². The molecule has 0 aromatic rings. The van der Waals surface area contributed by atoms with E-state index in [1.807, 2.05) is 6.08 Å². The third-order valence-corrected chi connectivity index (χ3v) is 16.7. The molecule has 6 N–H and O–H groups in total. The zero-order chi connectivity index (χ0) is 64.6. The van der Waals surface area contributed by atoms with Crippen LogP contribution in [0.3, 0.4) is 0 Å². The number of amides is 1. The fourth-order valence-corrected chi connectivity index (χ4v) is 10.9. The quantitative estimate of drug-likeness (QED) is 0.0195. The van der Waals surface area contributed by atoms with Gasteiger partial charge in [-0.2, -0.15) is 0 Å². The molecule has 0 aliphatic carbocycles. The van der Waals surface area contributed by atoms with Gasteiger partial charge in [-0.05, 0) is 109 Å². The third kappa shape index (κ3) is 51.5. The number of carbonyl (C=O) groups excluding carboxylic acids is 2. The maximum Gasteiger partial charge on any atom is 0.306 e. The first-order valence-electron chi connectivity index (χ1n) is 36.7. The van der Waals surface area contributed by atoms with Crippen LogP contribution in [0, 0.1) is 0 Å². The first kappa shape index (κ1) is 83.3. The van der Waals surface area contributed by atoms with Crippen LogP contribution in [0.4, 0.5) is 0 Å². The van der Waals surface area contributed by atoms with Crippen LogP contribution in [0.15, 0.2) is 109 Å². The Bertz CT molecular complexity index is 1870. The van der Waals surface area contributed by atoms with Crippen molar-refractivity contribution in [2.75, 3.05) is 13.2 Å². The number of aliphatic hydroxyl groups is 5. The highest BCUT2D eigenvalue weighted by Crippen LogP contribution is 2.26. The van der Waals surface area contributed by atoms with Crippen LogP contribution in [-0.2, 0) is 23.8 Å². The Kier molecular flexibility index (Phi) is 60.3. The van der Waals surface area contributed by atoms with Crippen molar-refractivity contribution >= 4 is 11.9 Å². The molecule has 1 fully saturated rings. The highest BCUT2D eigenvalue weighted by atomic mass is 16.7. The first-order chi connectivity index (χ1) is 43.7. The van der Waals surface area contributed by atoms with Crippen molar-refractivity contribution in [3.63, 3.8) is 0 Å². The van der Waals surface area contributed by atoms with Gasteiger partial charge in [0.05, 0.1) is 25.4 Å². The topological polar surface area (TPSA) is 175 Å². The monoisotopic (exact) mass is 1250 g/mol. The van der Waals surface area contributed by atoms with Gasteiger partial charge < -0.3 is 45.1 Å². The lowest BCUT2D eigenvalue weighted by Gasteiger charge is -2.41. The van der Waals surface area contributed by atoms with E-state index in [-0.39, 0.29) is 19.4 Å². The van der Waals surface area contributed by atoms with Gasteiger partial charge in [-0.3, -0.25) is 9.59 Å². The molecule has 1 amide bonds. The van der Waals surface area contributed by atoms with E-state index >= 15 is 0 Å². The van der Waals surface area contributed by atoms with E-state index in [0.29, 0.717) is 12.8 Å². The standard InChI is InChI=1S/C78H135NO10/c1-4-7-10-13-16-19-22-25-27-29-31-33-35-36-37-39-41-43-45-48-51-54-57-60-63-66-73(83)89-76-75(85)74(84)72(67-80)88-78(76)87-68-69(70(81)64-61-58-55-52-49-46-24-21-18-15-12-9-6-3)79-77(86)71(82)65-62-59-56-53-50-47-44-42-40-38-34-32-30-28-26-23-20-17-14-11-8-5-2/h7,10,16-17,19-20,25-28,31-34,36-37,61,64,69-72,74-76,78,80-82,84-85H,4-6,8-9,11-15,18,21-24,29-30,35,38-60,62-63,65-68H2,1-3H3,(H,79,86)/b10-7-,19-16-,20-17-,27-25-,28-26-,33-31-,34-32-,37-36-,64-61+. The van der Waals surface area contributed by atoms with Crippen LogP contribution >= 0.6 is 0 Å². The molecule has 1 rings (SSSR count). The lowest BCUT2D eigenvalue weighted by Crippen LogP contribution is -2.61. The number of carbonyl (C=O) groups is 2. The maximum absolute atomic E-state index is 13.5. The molecule has 11 nitrogen and oxygen atoms in total. The number of aliphatic hydroxyl groups excluding tert-OH is 5. The lowest BCUT2D eigenvalue weighted by atomic mass is 9.99. The van der Waals surface area contributed by atoms with Gasteiger partial charge >= 0.3 is 5.97 Å². The van der Waals surface area contributed by atoms with Crippen LogP contribution < -0.4 is 5.32 Å². The van der Waals surface area contributed by atoms with Crippen LogP contribution in [0.25, 0.3) is 0 Å². The van der Waals surface area contributed by atoms with Crippen molar-refractivity contribution < 1.29 is 49.3 Å². The van der Waals surface area contributed by atoms with Crippen molar-refractivity contribution in [3.05, 3.63) is 109 Å². The number of unbranched alkanes of at least 4 members (excludes halogenated alkanes) is 32. The van der Waals surface area contributed by atoms with E-state index in [4.69, 9.17) is 14.2 Å². The van der Waals surface area contributed by atoms with Gasteiger partial charge in [0.2, 0.25) is 5.91 Å². The average molecular weight is 1250 g/mol. The van der Waals surface area contributed by atoms with E-state index in [1.54, 1.807) is 6.08 Å². The first-order valence-corrected chi connectivity index (χ1v) is 36.7. The van der Waals surface area contributed by atoms with Crippen molar-refractivity contribution in [2.24, 2.45) is 0 Å². The molecule has 0 radical (unpaired) electrons. The van der Waals surface area contributed by atoms with E-state index in [2.05, 4.69) is 123 Å². The summed E-state index contributed by atoms with van der Waals surface area (Å²) in [7, 11) is 0. The summed E-state index contributed by atoms with van der Waals surface area (Å²) in [4.78, 5) is 26.7. The molecule has 1 aliphatic heterocycles. The molecule has 0 spiro atoms. The Hall–Kier alpha value is -3.68. The molecule has 8 atom stereocenters. The Labute approximate surface area is 545 Å². The number of nitrogens with one attached hydrogen (secondary N) is 1. The zero-order valence-electron chi connectivity index (χ0n) is 57.0. The minimum absolute atomic E-state index is 0.111. The van der Waals surface area contributed by atoms with Crippen molar-refractivity contribution in [1.82, 2.24) is 5.32 Å². The van der Waals surface area contributed by atoms with Gasteiger partial charge in [0.25, 0.3) is 0 Å². The molecule has 89 heavy (non-hydrogen) atoms. The van der Waals surface area contributed by atoms with Gasteiger partial charge in [-0.25, -0.2) is 0 Å². The molecule has 0 aromatic carbocycles. The summed E-state index contributed by atoms with van der Waals surface area (Å²) in [5, 5.41) is 57.3. The Morgan fingerprint density at radius 1 is 0.449 bits per heavy atom. The van der Waals surface area contributed by atoms with Crippen molar-refractivity contribution in [1.29, 1.82) is 0 Å². The van der Waals surface area contributed by atoms with Gasteiger partial charge in [0, 0.05) is 6.42 Å². The second kappa shape index (κ2) is 64.4. The average Bonchev–Trinajstić information content (AvgIpc) is 1.80. The summed E-state index contributed by atoms with van der Waals surface area (Å²) in [6.07, 6.45) is 78.3. The molecule has 0 aromatic heterocycles. The molecule has 1 saturated heterocycles. The summed E-state index contributed by atoms with van der Waals surface area (Å²) in [5.41, 5.74) is 0. The van der Waals surface area contributed by atoms with Crippen LogP contribution in [0.1, 0.15) is 310 Å². The van der Waals surface area contributed by atoms with Crippen LogP contribution in [0.2, 0.25) is 0 Å². The Morgan fingerprint density at radius 2 is 0.809 bits per heavy atom. The number of esters is 1. The molecular weight excluding hydrogens is 1110 g/mol. The lowest BCUT2D eigenvalue weighted by molar-refractivity contribution is -0.305. The Balaban J connectivity index is 2.59. The molecule has 1 aliphatic rings. The predicted molar refractivity (Wildman–Crippen MR) is 375 cm³/mol. The summed E-state index contributed by atoms with van der Waals surface area (Å²) in [5.74, 6) is -1.20. The van der Waals surface area contributed by atoms with Crippen molar-refractivity contribution in [2.45, 2.75) is 359 Å². The molecule has 0 saturated carbocycles. The normalized spacial score (nSPS) is 18.8. The minimum Gasteiger partial charge on any atom is -0.454 e. The summed E-state index contributed by atoms with van der Waals surface area (Å²) in [6, 6.07) is -1.03. The summed E-state index contributed by atoms with van der Waals surface area (Å²) < 4.78 is 17.7. The van der Waals surface area contributed by atoms with E-state index < -0.39 is 67.4 Å². The second-order valence-corrected chi connectivity index (χ2v) is 24.9. The largest absolute Gasteiger partial charge is 0.454 e. The molecule has 1 heterocycles. The molecule has 11 heteroatoms. The van der Waals surface area contributed by atoms with Gasteiger partial charge in [-0.1, -0.05) is 304 Å². The van der Waals surface area contributed by atoms with E-state index in [0.717, 1.165) is 122 Å². The summed E-state index contributed by atoms with van der Waals surface area (Å²) >= 11 is 0. The number of hydrogen-bond donors (Lipinski definition) is 6. The van der Waals surface area contributed by atoms with E-state index in [9.17, 15) is 35.1 Å². The maximum atomic E-state index is 13.5. The molecule has 8 unspecified atom stereocenters. The number of hydrogen-bond acceptors (Lipinski definition) is 10. The molecular formula is C78H135NO10. The smallest absolute Gasteiger partial charge is 0.306 e. The molecule has 0 bridgehead atoms. The van der Waals surface area contributed by atoms with Gasteiger partial charge in [0.1, 0.15) is 24.4 Å². The van der Waals surface area contributed by atoms with E-state index in [1.165, 1.54) is 141 Å². The summed E-state index contributed by atoms with van der Waals surface area (Å²) in [6.45, 7) is 5.67. The third-order valence-electron chi connectivity index (χ3n) is 16.7. The fourth-order valence-electron chi connectivity index (χ4n) is 10.9. The van der Waals surface area contributed by atoms with Gasteiger partial charge in [0.15, 0.2) is 12.4 Å². The second-order valence-electron chi connectivity index (χ2n) is 24.9. The SMILES string of the molecule is CC/C=C\C/C=C\C/C=C\C/C=C\C/C=C\CCCCCCCCCCCC(=O)OC1C(OCC(NC(=O)C(O)CCCCCCCCCCC/C=C\C/C=C\C/C=C\CCCCC)C(O)/C=C/CCCCCCCCCCCCC)OC(CO)C(O)C1O. The van der Waals surface area contributed by atoms with Gasteiger partial charge in [-0.15, -0.1) is 0 Å². The predicted octanol–water partition coefficient (Wildman–Crippen LogP) is 19.2. The fraction of sp³-hybridized carbons (Fsp3) is 0.744. The number of allylic oxidation sites excluding steroid dienone is 17. The minimum atomic E-state index is -1.62. The molecule has 512 valence electrons. The highest BCUT2D eigenvalue weighted by molar-refractivity contribution is 5.80. The van der Waals surface area contributed by atoms with Crippen LogP contribution in [-0.4, -0.2) is 99.6 Å². The zero-order valence-corrected chi connectivity index (χ0v) is 57.0. The number of rotatable bonds is 62. The highest BCUT2D eigenvalue weighted by Gasteiger charge is 2.47. The number of ether oxygens (including phenoxy) is 3. The van der Waals surface area contributed by atoms with Crippen LogP contribution in [0.5, 0.6) is 0 Å².